The molecule has 4 nitrogen and oxygen atoms in total. The first-order valence-electron chi connectivity index (χ1n) is 8.84. The van der Waals surface area contributed by atoms with Crippen LogP contribution in [0, 0.1) is 13.8 Å². The number of nitrogens with one attached hydrogen (secondary N) is 2. The Morgan fingerprint density at radius 3 is 2.33 bits per heavy atom. The summed E-state index contributed by atoms with van der Waals surface area (Å²) in [5.74, 6) is -0.296. The van der Waals surface area contributed by atoms with Crippen LogP contribution in [0.4, 0.5) is 5.69 Å². The van der Waals surface area contributed by atoms with E-state index in [0.29, 0.717) is 17.7 Å². The minimum atomic E-state index is -0.177. The van der Waals surface area contributed by atoms with E-state index in [1.165, 1.54) is 0 Å². The van der Waals surface area contributed by atoms with Crippen LogP contribution in [0.15, 0.2) is 72.8 Å². The van der Waals surface area contributed by atoms with Gasteiger partial charge < -0.3 is 10.6 Å². The van der Waals surface area contributed by atoms with E-state index in [1.54, 1.807) is 12.1 Å². The summed E-state index contributed by atoms with van der Waals surface area (Å²) < 4.78 is 0. The van der Waals surface area contributed by atoms with Gasteiger partial charge in [0.15, 0.2) is 0 Å². The molecule has 0 aliphatic heterocycles. The molecule has 0 radical (unpaired) electrons. The average Bonchev–Trinajstić information content (AvgIpc) is 2.67. The van der Waals surface area contributed by atoms with Gasteiger partial charge in [-0.3, -0.25) is 9.59 Å². The average molecular weight is 358 g/mol. The van der Waals surface area contributed by atoms with Gasteiger partial charge in [-0.05, 0) is 55.3 Å². The number of para-hydroxylation sites is 1. The Hall–Kier alpha value is -3.40. The van der Waals surface area contributed by atoms with Gasteiger partial charge in [0.1, 0.15) is 0 Å². The molecule has 0 fully saturated rings. The summed E-state index contributed by atoms with van der Waals surface area (Å²) in [5, 5.41) is 5.78. The van der Waals surface area contributed by atoms with Crippen LogP contribution in [0.5, 0.6) is 0 Å². The predicted molar refractivity (Wildman–Crippen MR) is 108 cm³/mol. The zero-order chi connectivity index (χ0) is 19.2. The molecule has 4 heteroatoms. The van der Waals surface area contributed by atoms with Crippen LogP contribution in [0.3, 0.4) is 0 Å². The van der Waals surface area contributed by atoms with Crippen molar-refractivity contribution in [2.24, 2.45) is 0 Å². The Labute approximate surface area is 159 Å². The normalized spacial score (nSPS) is 10.3. The molecule has 3 aromatic rings. The molecule has 0 saturated carbocycles. The third kappa shape index (κ3) is 4.82. The first kappa shape index (κ1) is 18.4. The zero-order valence-electron chi connectivity index (χ0n) is 15.5. The van der Waals surface area contributed by atoms with E-state index in [1.807, 2.05) is 74.5 Å². The van der Waals surface area contributed by atoms with Crippen LogP contribution >= 0.6 is 0 Å². The maximum absolute atomic E-state index is 12.4. The predicted octanol–water partition coefficient (Wildman–Crippen LogP) is 4.49. The first-order valence-corrected chi connectivity index (χ1v) is 8.84. The van der Waals surface area contributed by atoms with Crippen LogP contribution < -0.4 is 10.6 Å². The van der Waals surface area contributed by atoms with Crippen molar-refractivity contribution in [2.45, 2.75) is 20.4 Å². The molecule has 3 rings (SSSR count). The lowest BCUT2D eigenvalue weighted by atomic mass is 10.0. The van der Waals surface area contributed by atoms with E-state index in [-0.39, 0.29) is 11.8 Å². The molecule has 2 amide bonds. The monoisotopic (exact) mass is 358 g/mol. The Kier molecular flexibility index (Phi) is 5.67. The van der Waals surface area contributed by atoms with Crippen LogP contribution in [0.1, 0.15) is 37.4 Å². The number of anilines is 1. The molecular weight excluding hydrogens is 336 g/mol. The van der Waals surface area contributed by atoms with E-state index in [9.17, 15) is 9.59 Å². The SMILES string of the molecule is Cc1ccc(C(=O)NCc2cccc(C(=O)Nc3ccccc3)c2)c(C)c1. The molecular formula is C23H22N2O2. The molecule has 0 heterocycles. The number of rotatable bonds is 5. The summed E-state index contributed by atoms with van der Waals surface area (Å²) in [6.07, 6.45) is 0. The van der Waals surface area contributed by atoms with Gasteiger partial charge >= 0.3 is 0 Å². The molecule has 0 aromatic heterocycles. The van der Waals surface area contributed by atoms with E-state index < -0.39 is 0 Å². The molecule has 0 saturated heterocycles. The van der Waals surface area contributed by atoms with Crippen molar-refractivity contribution in [3.8, 4) is 0 Å². The molecule has 3 aromatic carbocycles. The van der Waals surface area contributed by atoms with Crippen molar-refractivity contribution in [2.75, 3.05) is 5.32 Å². The van der Waals surface area contributed by atoms with Crippen molar-refractivity contribution in [1.29, 1.82) is 0 Å². The minimum absolute atomic E-state index is 0.119. The third-order valence-corrected chi connectivity index (χ3v) is 4.30. The fourth-order valence-electron chi connectivity index (χ4n) is 2.89. The molecule has 136 valence electrons. The van der Waals surface area contributed by atoms with Crippen LogP contribution in [-0.4, -0.2) is 11.8 Å². The smallest absolute Gasteiger partial charge is 0.255 e. The third-order valence-electron chi connectivity index (χ3n) is 4.30. The maximum Gasteiger partial charge on any atom is 0.255 e. The summed E-state index contributed by atoms with van der Waals surface area (Å²) in [7, 11) is 0. The number of carbonyl (C=O) groups excluding carboxylic acids is 2. The topological polar surface area (TPSA) is 58.2 Å². The Balaban J connectivity index is 1.65. The van der Waals surface area contributed by atoms with E-state index >= 15 is 0 Å². The fourth-order valence-corrected chi connectivity index (χ4v) is 2.89. The lowest BCUT2D eigenvalue weighted by Gasteiger charge is -2.10. The highest BCUT2D eigenvalue weighted by molar-refractivity contribution is 6.04. The lowest BCUT2D eigenvalue weighted by molar-refractivity contribution is 0.0950. The van der Waals surface area contributed by atoms with Gasteiger partial charge in [-0.25, -0.2) is 0 Å². The molecule has 0 aliphatic carbocycles. The molecule has 2 N–H and O–H groups in total. The van der Waals surface area contributed by atoms with Crippen LogP contribution in [0.25, 0.3) is 0 Å². The number of benzene rings is 3. The van der Waals surface area contributed by atoms with Crippen molar-refractivity contribution >= 4 is 17.5 Å². The Morgan fingerprint density at radius 1 is 0.815 bits per heavy atom. The van der Waals surface area contributed by atoms with Gasteiger partial charge in [0, 0.05) is 23.4 Å². The molecule has 0 aliphatic rings. The van der Waals surface area contributed by atoms with Crippen LogP contribution in [-0.2, 0) is 6.54 Å². The van der Waals surface area contributed by atoms with Crippen molar-refractivity contribution in [1.82, 2.24) is 5.32 Å². The highest BCUT2D eigenvalue weighted by Crippen LogP contribution is 2.12. The highest BCUT2D eigenvalue weighted by Gasteiger charge is 2.10. The number of carbonyl (C=O) groups is 2. The fraction of sp³-hybridized carbons (Fsp3) is 0.130. The molecule has 0 atom stereocenters. The number of hydrogen-bond donors (Lipinski definition) is 2. The molecule has 0 spiro atoms. The van der Waals surface area contributed by atoms with Gasteiger partial charge in [0.2, 0.25) is 0 Å². The van der Waals surface area contributed by atoms with Crippen molar-refractivity contribution < 1.29 is 9.59 Å². The van der Waals surface area contributed by atoms with Gasteiger partial charge in [-0.15, -0.1) is 0 Å². The second kappa shape index (κ2) is 8.32. The summed E-state index contributed by atoms with van der Waals surface area (Å²) in [5.41, 5.74) is 4.91. The van der Waals surface area contributed by atoms with E-state index in [2.05, 4.69) is 10.6 Å². The Morgan fingerprint density at radius 2 is 1.59 bits per heavy atom. The summed E-state index contributed by atoms with van der Waals surface area (Å²) in [6.45, 7) is 4.29. The lowest BCUT2D eigenvalue weighted by Crippen LogP contribution is -2.24. The maximum atomic E-state index is 12.4. The summed E-state index contributed by atoms with van der Waals surface area (Å²) >= 11 is 0. The van der Waals surface area contributed by atoms with Gasteiger partial charge in [0.25, 0.3) is 11.8 Å². The highest BCUT2D eigenvalue weighted by atomic mass is 16.2. The zero-order valence-corrected chi connectivity index (χ0v) is 15.5. The van der Waals surface area contributed by atoms with E-state index in [0.717, 1.165) is 22.4 Å². The first-order chi connectivity index (χ1) is 13.0. The summed E-state index contributed by atoms with van der Waals surface area (Å²) in [6, 6.07) is 22.3. The van der Waals surface area contributed by atoms with Crippen molar-refractivity contribution in [3.63, 3.8) is 0 Å². The molecule has 0 bridgehead atoms. The summed E-state index contributed by atoms with van der Waals surface area (Å²) in [4.78, 5) is 24.8. The second-order valence-electron chi connectivity index (χ2n) is 6.52. The van der Waals surface area contributed by atoms with Crippen LogP contribution in [0.2, 0.25) is 0 Å². The van der Waals surface area contributed by atoms with E-state index in [4.69, 9.17) is 0 Å². The number of hydrogen-bond acceptors (Lipinski definition) is 2. The second-order valence-corrected chi connectivity index (χ2v) is 6.52. The Bertz CT molecular complexity index is 965. The largest absolute Gasteiger partial charge is 0.348 e. The van der Waals surface area contributed by atoms with Gasteiger partial charge in [-0.1, -0.05) is 48.0 Å². The standard InChI is InChI=1S/C23H22N2O2/c1-16-11-12-21(17(2)13-16)23(27)24-15-18-7-6-8-19(14-18)22(26)25-20-9-4-3-5-10-20/h3-14H,15H2,1-2H3,(H,24,27)(H,25,26). The molecule has 0 unspecified atom stereocenters. The van der Waals surface area contributed by atoms with Gasteiger partial charge in [-0.2, -0.15) is 0 Å². The number of amides is 2. The quantitative estimate of drug-likeness (QED) is 0.706. The molecule has 27 heavy (non-hydrogen) atoms. The minimum Gasteiger partial charge on any atom is -0.348 e. The number of aryl methyl sites for hydroxylation is 2. The van der Waals surface area contributed by atoms with Crippen molar-refractivity contribution in [3.05, 3.63) is 101 Å². The van der Waals surface area contributed by atoms with Gasteiger partial charge in [0.05, 0.1) is 0 Å².